The van der Waals surface area contributed by atoms with Crippen LogP contribution < -0.4 is 10.1 Å². The van der Waals surface area contributed by atoms with E-state index in [-0.39, 0.29) is 41.2 Å². The maximum atomic E-state index is 14.3. The molecule has 1 aromatic heterocycles. The third kappa shape index (κ3) is 12.0. The lowest BCUT2D eigenvalue weighted by Crippen LogP contribution is -2.52. The minimum absolute atomic E-state index is 0.0295. The highest BCUT2D eigenvalue weighted by molar-refractivity contribution is 7.89. The predicted octanol–water partition coefficient (Wildman–Crippen LogP) is 11.2. The number of hydrogen-bond donors (Lipinski definition) is 1. The molecular formula is C51H75N3O8S2. The zero-order valence-electron chi connectivity index (χ0n) is 40.8. The third-order valence-corrected chi connectivity index (χ3v) is 15.9. The topological polar surface area (TPSA) is 124 Å². The number of carbonyl (C=O) groups excluding carboxylic acids is 2. The number of rotatable bonds is 14. The van der Waals surface area contributed by atoms with Crippen LogP contribution in [-0.2, 0) is 43.5 Å². The summed E-state index contributed by atoms with van der Waals surface area (Å²) in [6, 6.07) is 14.2. The molecule has 64 heavy (non-hydrogen) atoms. The molecule has 11 nitrogen and oxygen atoms in total. The van der Waals surface area contributed by atoms with E-state index < -0.39 is 45.2 Å². The van der Waals surface area contributed by atoms with Crippen LogP contribution in [0.4, 0.5) is 10.5 Å². The van der Waals surface area contributed by atoms with Crippen molar-refractivity contribution in [2.75, 3.05) is 32.1 Å². The maximum absolute atomic E-state index is 14.3. The van der Waals surface area contributed by atoms with Crippen LogP contribution in [-0.4, -0.2) is 85.5 Å². The van der Waals surface area contributed by atoms with Crippen molar-refractivity contribution in [2.45, 2.75) is 174 Å². The molecule has 3 aliphatic rings. The Balaban J connectivity index is 1.23. The van der Waals surface area contributed by atoms with Crippen molar-refractivity contribution in [2.24, 2.45) is 17.3 Å². The minimum atomic E-state index is -3.94. The van der Waals surface area contributed by atoms with Gasteiger partial charge in [0.1, 0.15) is 22.7 Å². The van der Waals surface area contributed by atoms with Crippen LogP contribution in [0, 0.1) is 17.3 Å². The second kappa shape index (κ2) is 19.3. The Hall–Kier alpha value is -3.65. The molecule has 3 aromatic rings. The highest BCUT2D eigenvalue weighted by Crippen LogP contribution is 2.49. The number of benzene rings is 2. The van der Waals surface area contributed by atoms with Gasteiger partial charge in [-0.05, 0) is 165 Å². The van der Waals surface area contributed by atoms with Crippen LogP contribution in [0.1, 0.15) is 152 Å². The van der Waals surface area contributed by atoms with Crippen molar-refractivity contribution in [1.29, 1.82) is 0 Å². The molecule has 1 N–H and O–H groups in total. The number of thiophene rings is 1. The molecule has 2 heterocycles. The van der Waals surface area contributed by atoms with Crippen molar-refractivity contribution < 1.29 is 37.0 Å². The number of anilines is 1. The third-order valence-electron chi connectivity index (χ3n) is 12.6. The van der Waals surface area contributed by atoms with Crippen molar-refractivity contribution in [3.8, 4) is 5.75 Å². The van der Waals surface area contributed by atoms with E-state index in [2.05, 4.69) is 43.4 Å². The number of nitrogens with zero attached hydrogens (tertiary/aromatic N) is 2. The van der Waals surface area contributed by atoms with Crippen LogP contribution in [0.3, 0.4) is 0 Å². The summed E-state index contributed by atoms with van der Waals surface area (Å²) >= 11 is 1.86. The second-order valence-corrected chi connectivity index (χ2v) is 25.0. The number of sulfonamides is 1. The molecule has 0 spiro atoms. The van der Waals surface area contributed by atoms with Gasteiger partial charge in [0.15, 0.2) is 0 Å². The number of fused-ring (bicyclic) bond motifs is 1. The van der Waals surface area contributed by atoms with E-state index in [1.165, 1.54) is 19.6 Å². The summed E-state index contributed by atoms with van der Waals surface area (Å²) in [7, 11) is -2.39. The lowest BCUT2D eigenvalue weighted by atomic mass is 9.73. The number of methoxy groups -OCH3 is 1. The van der Waals surface area contributed by atoms with E-state index in [0.29, 0.717) is 18.1 Å². The largest absolute Gasteiger partial charge is 0.497 e. The average molecular weight is 922 g/mol. The Morgan fingerprint density at radius 3 is 2.19 bits per heavy atom. The monoisotopic (exact) mass is 921 g/mol. The fourth-order valence-electron chi connectivity index (χ4n) is 9.70. The van der Waals surface area contributed by atoms with Crippen molar-refractivity contribution in [1.82, 2.24) is 9.21 Å². The Morgan fingerprint density at radius 1 is 0.938 bits per heavy atom. The average Bonchev–Trinajstić information content (AvgIpc) is 3.68. The van der Waals surface area contributed by atoms with Gasteiger partial charge in [-0.2, -0.15) is 4.31 Å². The van der Waals surface area contributed by atoms with Gasteiger partial charge in [-0.15, -0.1) is 11.3 Å². The van der Waals surface area contributed by atoms with Crippen LogP contribution in [0.15, 0.2) is 53.4 Å². The second-order valence-electron chi connectivity index (χ2n) is 21.9. The van der Waals surface area contributed by atoms with Gasteiger partial charge in [-0.3, -0.25) is 4.90 Å². The molecule has 0 bridgehead atoms. The number of ether oxygens (including phenoxy) is 4. The molecule has 1 saturated carbocycles. The molecule has 2 unspecified atom stereocenters. The van der Waals surface area contributed by atoms with Gasteiger partial charge in [0, 0.05) is 35.1 Å². The fourth-order valence-corrected chi connectivity index (χ4v) is 12.8. The summed E-state index contributed by atoms with van der Waals surface area (Å²) in [5, 5.41) is 3.75. The number of amides is 1. The standard InChI is InChI=1S/C51H75N3O8S2/c1-33(2)31-53(64(57,58)38-24-22-37(59-13)23-25-38)32-42-41(54(51(11,12)60-42)47(56)62-49(6,7)8)28-34-18-20-36(21-19-34)52-30-35-16-14-15-17-39(35)45-44(46(55)61-48(3,4)5)40-29-50(9,10)27-26-43(40)63-45/h18-25,33,35,39,41-42,52H,14-17,26-32H2,1-13H3/t35?,39?,41-,42+/m0/s1. The zero-order valence-corrected chi connectivity index (χ0v) is 42.4. The van der Waals surface area contributed by atoms with E-state index in [0.717, 1.165) is 68.3 Å². The first-order valence-electron chi connectivity index (χ1n) is 23.3. The molecule has 1 aliphatic heterocycles. The molecule has 1 amide bonds. The summed E-state index contributed by atoms with van der Waals surface area (Å²) in [5.74, 6) is 1.04. The molecule has 2 aromatic carbocycles. The molecule has 4 atom stereocenters. The normalized spacial score (nSPS) is 22.3. The van der Waals surface area contributed by atoms with Crippen molar-refractivity contribution in [3.05, 3.63) is 75.0 Å². The maximum Gasteiger partial charge on any atom is 0.412 e. The van der Waals surface area contributed by atoms with Crippen LogP contribution in [0.25, 0.3) is 0 Å². The highest BCUT2D eigenvalue weighted by atomic mass is 32.2. The molecule has 13 heteroatoms. The Bertz CT molecular complexity index is 2200. The summed E-state index contributed by atoms with van der Waals surface area (Å²) < 4.78 is 54.0. The predicted molar refractivity (Wildman–Crippen MR) is 256 cm³/mol. The molecular weight excluding hydrogens is 847 g/mol. The van der Waals surface area contributed by atoms with Crippen LogP contribution >= 0.6 is 11.3 Å². The first kappa shape index (κ1) is 49.8. The Morgan fingerprint density at radius 2 is 1.58 bits per heavy atom. The van der Waals surface area contributed by atoms with E-state index in [4.69, 9.17) is 18.9 Å². The lowest BCUT2D eigenvalue weighted by molar-refractivity contribution is -0.0807. The first-order valence-corrected chi connectivity index (χ1v) is 25.6. The number of esters is 1. The first-order chi connectivity index (χ1) is 29.8. The summed E-state index contributed by atoms with van der Waals surface area (Å²) in [4.78, 5) is 32.4. The molecule has 2 fully saturated rings. The van der Waals surface area contributed by atoms with Crippen LogP contribution in [0.2, 0.25) is 0 Å². The Labute approximate surface area is 388 Å². The summed E-state index contributed by atoms with van der Waals surface area (Å²) in [6.45, 7) is 24.7. The lowest BCUT2D eigenvalue weighted by Gasteiger charge is -2.35. The quantitative estimate of drug-likeness (QED) is 0.157. The van der Waals surface area contributed by atoms with E-state index >= 15 is 0 Å². The molecule has 2 aliphatic carbocycles. The minimum Gasteiger partial charge on any atom is -0.497 e. The van der Waals surface area contributed by atoms with Crippen LogP contribution in [0.5, 0.6) is 5.75 Å². The van der Waals surface area contributed by atoms with Gasteiger partial charge < -0.3 is 24.3 Å². The molecule has 0 radical (unpaired) electrons. The van der Waals surface area contributed by atoms with Gasteiger partial charge in [0.2, 0.25) is 10.0 Å². The SMILES string of the molecule is COc1ccc(S(=O)(=O)N(CC(C)C)C[C@H]2OC(C)(C)N(C(=O)OC(C)(C)C)[C@H]2Cc2ccc(NCC3CCCCC3c3sc4c(c3C(=O)OC(C)(C)C)CC(C)(C)CC4)cc2)cc1. The summed E-state index contributed by atoms with van der Waals surface area (Å²) in [5.41, 5.74) is 1.77. The zero-order chi connectivity index (χ0) is 47.0. The van der Waals surface area contributed by atoms with Gasteiger partial charge in [-0.25, -0.2) is 18.0 Å². The molecule has 354 valence electrons. The van der Waals surface area contributed by atoms with Gasteiger partial charge >= 0.3 is 12.1 Å². The highest BCUT2D eigenvalue weighted by Gasteiger charge is 2.52. The number of hydrogen-bond acceptors (Lipinski definition) is 10. The number of aryl methyl sites for hydroxylation is 1. The number of carbonyl (C=O) groups is 2. The van der Waals surface area contributed by atoms with Gasteiger partial charge in [0.05, 0.1) is 29.7 Å². The number of nitrogens with one attached hydrogen (secondary N) is 1. The smallest absolute Gasteiger partial charge is 0.412 e. The van der Waals surface area contributed by atoms with Gasteiger partial charge in [-0.1, -0.05) is 52.7 Å². The molecule has 1 saturated heterocycles. The van der Waals surface area contributed by atoms with Crippen molar-refractivity contribution >= 4 is 39.1 Å². The Kier molecular flexibility index (Phi) is 15.0. The summed E-state index contributed by atoms with van der Waals surface area (Å²) in [6.07, 6.45) is 6.71. The van der Waals surface area contributed by atoms with E-state index in [1.54, 1.807) is 36.3 Å². The van der Waals surface area contributed by atoms with E-state index in [9.17, 15) is 18.0 Å². The van der Waals surface area contributed by atoms with E-state index in [1.807, 2.05) is 80.6 Å². The van der Waals surface area contributed by atoms with Crippen molar-refractivity contribution in [3.63, 3.8) is 0 Å². The molecule has 6 rings (SSSR count). The van der Waals surface area contributed by atoms with Gasteiger partial charge in [0.25, 0.3) is 0 Å². The fraction of sp³-hybridized carbons (Fsp3) is 0.647.